The van der Waals surface area contributed by atoms with Crippen LogP contribution in [0.4, 0.5) is 0 Å². The summed E-state index contributed by atoms with van der Waals surface area (Å²) in [6.45, 7) is 7.08. The van der Waals surface area contributed by atoms with E-state index in [4.69, 9.17) is 9.47 Å². The van der Waals surface area contributed by atoms with Crippen LogP contribution in [0, 0.1) is 11.8 Å². The summed E-state index contributed by atoms with van der Waals surface area (Å²) in [6.07, 6.45) is 4.98. The smallest absolute Gasteiger partial charge is 0.218 e. The molecule has 0 amide bonds. The van der Waals surface area contributed by atoms with E-state index >= 15 is 0 Å². The van der Waals surface area contributed by atoms with E-state index in [2.05, 4.69) is 6.92 Å². The first kappa shape index (κ1) is 14.7. The van der Waals surface area contributed by atoms with Crippen molar-refractivity contribution in [2.75, 3.05) is 13.2 Å². The first-order valence-corrected chi connectivity index (χ1v) is 6.99. The fraction of sp³-hybridized carbons (Fsp3) is 0.929. The van der Waals surface area contributed by atoms with Gasteiger partial charge < -0.3 is 9.47 Å². The van der Waals surface area contributed by atoms with Crippen molar-refractivity contribution in [1.29, 1.82) is 0 Å². The van der Waals surface area contributed by atoms with Gasteiger partial charge >= 0.3 is 0 Å². The average molecular weight is 242 g/mol. The molecule has 0 atom stereocenters. The molecule has 3 nitrogen and oxygen atoms in total. The molecule has 1 saturated carbocycles. The summed E-state index contributed by atoms with van der Waals surface area (Å²) in [7, 11) is 0. The molecule has 0 saturated heterocycles. The highest BCUT2D eigenvalue weighted by Gasteiger charge is 2.31. The molecule has 1 aliphatic rings. The Kier molecular flexibility index (Phi) is 6.75. The Hall–Kier alpha value is -0.410. The Bertz CT molecular complexity index is 214. The fourth-order valence-corrected chi connectivity index (χ4v) is 2.56. The van der Waals surface area contributed by atoms with Crippen molar-refractivity contribution in [1.82, 2.24) is 0 Å². The van der Waals surface area contributed by atoms with E-state index in [1.807, 2.05) is 13.8 Å². The molecule has 0 spiro atoms. The minimum Gasteiger partial charge on any atom is -0.346 e. The summed E-state index contributed by atoms with van der Waals surface area (Å²) in [5.74, 6) is 1.13. The Balaban J connectivity index is 2.45. The number of carbonyl (C=O) groups excluding carboxylic acids is 1. The molecule has 1 fully saturated rings. The third-order valence-electron chi connectivity index (χ3n) is 3.69. The number of carbonyl (C=O) groups is 1. The lowest BCUT2D eigenvalue weighted by atomic mass is 9.79. The highest BCUT2D eigenvalue weighted by atomic mass is 16.7. The van der Waals surface area contributed by atoms with E-state index in [1.54, 1.807) is 0 Å². The Morgan fingerprint density at radius 2 is 1.59 bits per heavy atom. The molecule has 0 N–H and O–H groups in total. The molecule has 0 aliphatic heterocycles. The van der Waals surface area contributed by atoms with Crippen LogP contribution in [0.1, 0.15) is 52.9 Å². The van der Waals surface area contributed by atoms with Crippen molar-refractivity contribution in [2.24, 2.45) is 11.8 Å². The zero-order chi connectivity index (χ0) is 12.7. The summed E-state index contributed by atoms with van der Waals surface area (Å²) >= 11 is 0. The van der Waals surface area contributed by atoms with Gasteiger partial charge in [-0.25, -0.2) is 0 Å². The van der Waals surface area contributed by atoms with Crippen LogP contribution in [0.25, 0.3) is 0 Å². The molecule has 0 radical (unpaired) electrons. The summed E-state index contributed by atoms with van der Waals surface area (Å²) in [4.78, 5) is 12.2. The molecule has 0 aromatic heterocycles. The number of hydrogen-bond acceptors (Lipinski definition) is 3. The predicted octanol–water partition coefficient (Wildman–Crippen LogP) is 3.17. The van der Waals surface area contributed by atoms with Crippen molar-refractivity contribution in [2.45, 2.75) is 59.2 Å². The second-order valence-corrected chi connectivity index (χ2v) is 4.77. The maximum Gasteiger partial charge on any atom is 0.218 e. The zero-order valence-electron chi connectivity index (χ0n) is 11.4. The maximum absolute atomic E-state index is 12.2. The first-order valence-electron chi connectivity index (χ1n) is 6.99. The van der Waals surface area contributed by atoms with E-state index in [9.17, 15) is 4.79 Å². The molecule has 0 bridgehead atoms. The highest BCUT2D eigenvalue weighted by molar-refractivity contribution is 5.84. The number of Topliss-reactive ketones (excluding diaryl/α,β-unsaturated/α-hetero) is 1. The maximum atomic E-state index is 12.2. The van der Waals surface area contributed by atoms with E-state index < -0.39 is 6.29 Å². The highest BCUT2D eigenvalue weighted by Crippen LogP contribution is 2.32. The van der Waals surface area contributed by atoms with Gasteiger partial charge in [0.1, 0.15) is 0 Å². The lowest BCUT2D eigenvalue weighted by Crippen LogP contribution is -2.35. The lowest BCUT2D eigenvalue weighted by Gasteiger charge is -2.29. The van der Waals surface area contributed by atoms with E-state index in [0.29, 0.717) is 13.2 Å². The van der Waals surface area contributed by atoms with Gasteiger partial charge in [-0.1, -0.05) is 13.3 Å². The van der Waals surface area contributed by atoms with E-state index in [-0.39, 0.29) is 11.7 Å². The number of rotatable bonds is 7. The molecule has 3 heteroatoms. The molecule has 1 rings (SSSR count). The van der Waals surface area contributed by atoms with Crippen molar-refractivity contribution in [3.63, 3.8) is 0 Å². The predicted molar refractivity (Wildman–Crippen MR) is 67.8 cm³/mol. The fourth-order valence-electron chi connectivity index (χ4n) is 2.56. The van der Waals surface area contributed by atoms with Gasteiger partial charge in [-0.05, 0) is 45.4 Å². The second kappa shape index (κ2) is 7.83. The average Bonchev–Trinajstić information content (AvgIpc) is 2.38. The van der Waals surface area contributed by atoms with E-state index in [0.717, 1.165) is 18.8 Å². The Morgan fingerprint density at radius 3 is 2.00 bits per heavy atom. The van der Waals surface area contributed by atoms with Gasteiger partial charge in [0.05, 0.1) is 0 Å². The molecule has 100 valence electrons. The van der Waals surface area contributed by atoms with Crippen LogP contribution < -0.4 is 0 Å². The minimum absolute atomic E-state index is 0.154. The van der Waals surface area contributed by atoms with Gasteiger partial charge in [0.15, 0.2) is 5.78 Å². The van der Waals surface area contributed by atoms with E-state index in [1.165, 1.54) is 19.3 Å². The van der Waals surface area contributed by atoms with Crippen molar-refractivity contribution in [3.05, 3.63) is 0 Å². The molecular weight excluding hydrogens is 216 g/mol. The SMILES string of the molecule is CCOC(OCC)C(=O)C1CCC(CC)CC1. The number of hydrogen-bond donors (Lipinski definition) is 0. The van der Waals surface area contributed by atoms with Crippen LogP contribution in [0.5, 0.6) is 0 Å². The number of ketones is 1. The summed E-state index contributed by atoms with van der Waals surface area (Å²) in [5.41, 5.74) is 0. The summed E-state index contributed by atoms with van der Waals surface area (Å²) in [6, 6.07) is 0. The third kappa shape index (κ3) is 4.40. The van der Waals surface area contributed by atoms with Crippen molar-refractivity contribution < 1.29 is 14.3 Å². The standard InChI is InChI=1S/C14H26O3/c1-4-11-7-9-12(10-8-11)13(15)14(16-5-2)17-6-3/h11-12,14H,4-10H2,1-3H3. The molecule has 0 aromatic carbocycles. The van der Waals surface area contributed by atoms with Crippen molar-refractivity contribution >= 4 is 5.78 Å². The van der Waals surface area contributed by atoms with Crippen LogP contribution >= 0.6 is 0 Å². The van der Waals surface area contributed by atoms with Crippen LogP contribution in [0.3, 0.4) is 0 Å². The second-order valence-electron chi connectivity index (χ2n) is 4.77. The third-order valence-corrected chi connectivity index (χ3v) is 3.69. The lowest BCUT2D eigenvalue weighted by molar-refractivity contribution is -0.173. The first-order chi connectivity index (χ1) is 8.22. The minimum atomic E-state index is -0.631. The Morgan fingerprint density at radius 1 is 1.06 bits per heavy atom. The normalized spacial score (nSPS) is 25.2. The van der Waals surface area contributed by atoms with Crippen LogP contribution in [-0.4, -0.2) is 25.3 Å². The largest absolute Gasteiger partial charge is 0.346 e. The van der Waals surface area contributed by atoms with Gasteiger partial charge in [0.25, 0.3) is 0 Å². The Labute approximate surface area is 105 Å². The van der Waals surface area contributed by atoms with Gasteiger partial charge in [-0.15, -0.1) is 0 Å². The number of ether oxygens (including phenoxy) is 2. The van der Waals surface area contributed by atoms with Crippen LogP contribution in [-0.2, 0) is 14.3 Å². The topological polar surface area (TPSA) is 35.5 Å². The van der Waals surface area contributed by atoms with Gasteiger partial charge in [0, 0.05) is 19.1 Å². The summed E-state index contributed by atoms with van der Waals surface area (Å²) in [5, 5.41) is 0. The molecular formula is C14H26O3. The van der Waals surface area contributed by atoms with Gasteiger partial charge in [0.2, 0.25) is 6.29 Å². The monoisotopic (exact) mass is 242 g/mol. The quantitative estimate of drug-likeness (QED) is 0.643. The molecule has 0 heterocycles. The van der Waals surface area contributed by atoms with Crippen molar-refractivity contribution in [3.8, 4) is 0 Å². The van der Waals surface area contributed by atoms with Crippen LogP contribution in [0.15, 0.2) is 0 Å². The molecule has 1 aliphatic carbocycles. The van der Waals surface area contributed by atoms with Gasteiger partial charge in [-0.3, -0.25) is 4.79 Å². The van der Waals surface area contributed by atoms with Crippen LogP contribution in [0.2, 0.25) is 0 Å². The molecule has 17 heavy (non-hydrogen) atoms. The molecule has 0 unspecified atom stereocenters. The zero-order valence-corrected chi connectivity index (χ0v) is 11.4. The summed E-state index contributed by atoms with van der Waals surface area (Å²) < 4.78 is 10.8. The molecule has 0 aromatic rings. The van der Waals surface area contributed by atoms with Gasteiger partial charge in [-0.2, -0.15) is 0 Å².